The molecule has 0 amide bonds. The van der Waals surface area contributed by atoms with Crippen LogP contribution < -0.4 is 11.3 Å². The molecule has 0 spiro atoms. The molecule has 1 aliphatic carbocycles. The minimum Gasteiger partial charge on any atom is -0.272 e. The van der Waals surface area contributed by atoms with Gasteiger partial charge in [0.2, 0.25) is 0 Å². The van der Waals surface area contributed by atoms with Crippen molar-refractivity contribution in [3.8, 4) is 0 Å². The van der Waals surface area contributed by atoms with Crippen molar-refractivity contribution in [2.45, 2.75) is 39.2 Å². The molecule has 0 aromatic carbocycles. The molecule has 1 saturated carbocycles. The standard InChI is InChI=1S/C11H20N4/c1-8-6-9(15(3)14-8)7-10(13-12)11(2)4-5-11/h6,10,13H,4-5,7,12H2,1-3H3. The third-order valence-corrected chi connectivity index (χ3v) is 3.59. The predicted molar refractivity (Wildman–Crippen MR) is 60.1 cm³/mol. The van der Waals surface area contributed by atoms with Crippen molar-refractivity contribution >= 4 is 0 Å². The number of hydrazine groups is 1. The monoisotopic (exact) mass is 208 g/mol. The number of hydrogen-bond acceptors (Lipinski definition) is 3. The Morgan fingerprint density at radius 2 is 2.33 bits per heavy atom. The molecule has 1 heterocycles. The van der Waals surface area contributed by atoms with Crippen LogP contribution >= 0.6 is 0 Å². The molecule has 3 N–H and O–H groups in total. The highest BCUT2D eigenvalue weighted by molar-refractivity contribution is 5.12. The Labute approximate surface area is 90.8 Å². The van der Waals surface area contributed by atoms with E-state index in [2.05, 4.69) is 23.5 Å². The molecule has 2 rings (SSSR count). The number of aryl methyl sites for hydroxylation is 2. The average molecular weight is 208 g/mol. The molecule has 84 valence electrons. The van der Waals surface area contributed by atoms with E-state index in [9.17, 15) is 0 Å². The summed E-state index contributed by atoms with van der Waals surface area (Å²) < 4.78 is 1.95. The van der Waals surface area contributed by atoms with E-state index in [0.717, 1.165) is 12.1 Å². The van der Waals surface area contributed by atoms with Gasteiger partial charge in [-0.15, -0.1) is 0 Å². The van der Waals surface area contributed by atoms with Crippen molar-refractivity contribution in [3.05, 3.63) is 17.5 Å². The molecule has 0 bridgehead atoms. The summed E-state index contributed by atoms with van der Waals surface area (Å²) in [7, 11) is 1.99. The van der Waals surface area contributed by atoms with Gasteiger partial charge in [-0.1, -0.05) is 6.92 Å². The van der Waals surface area contributed by atoms with E-state index in [1.54, 1.807) is 0 Å². The van der Waals surface area contributed by atoms with Crippen molar-refractivity contribution < 1.29 is 0 Å². The van der Waals surface area contributed by atoms with E-state index in [1.165, 1.54) is 18.5 Å². The Bertz CT molecular complexity index is 351. The summed E-state index contributed by atoms with van der Waals surface area (Å²) in [5, 5.41) is 4.35. The van der Waals surface area contributed by atoms with E-state index < -0.39 is 0 Å². The zero-order valence-electron chi connectivity index (χ0n) is 9.75. The lowest BCUT2D eigenvalue weighted by Crippen LogP contribution is -2.42. The first kappa shape index (κ1) is 10.6. The first-order chi connectivity index (χ1) is 7.05. The quantitative estimate of drug-likeness (QED) is 0.571. The zero-order valence-corrected chi connectivity index (χ0v) is 9.75. The van der Waals surface area contributed by atoms with Gasteiger partial charge in [0.05, 0.1) is 5.69 Å². The first-order valence-corrected chi connectivity index (χ1v) is 5.51. The van der Waals surface area contributed by atoms with Crippen molar-refractivity contribution in [2.24, 2.45) is 18.3 Å². The summed E-state index contributed by atoms with van der Waals surface area (Å²) >= 11 is 0. The summed E-state index contributed by atoms with van der Waals surface area (Å²) in [5.41, 5.74) is 5.67. The second-order valence-electron chi connectivity index (χ2n) is 4.98. The summed E-state index contributed by atoms with van der Waals surface area (Å²) in [5.74, 6) is 5.62. The van der Waals surface area contributed by atoms with Crippen LogP contribution in [0.1, 0.15) is 31.2 Å². The molecule has 1 aromatic heterocycles. The van der Waals surface area contributed by atoms with Crippen molar-refractivity contribution in [1.29, 1.82) is 0 Å². The maximum atomic E-state index is 5.62. The number of nitrogens with one attached hydrogen (secondary N) is 1. The molecule has 1 atom stereocenters. The largest absolute Gasteiger partial charge is 0.272 e. The Kier molecular flexibility index (Phi) is 2.56. The molecule has 1 unspecified atom stereocenters. The normalized spacial score (nSPS) is 20.3. The molecule has 15 heavy (non-hydrogen) atoms. The van der Waals surface area contributed by atoms with Gasteiger partial charge in [0.25, 0.3) is 0 Å². The van der Waals surface area contributed by atoms with Gasteiger partial charge in [-0.2, -0.15) is 5.10 Å². The van der Waals surface area contributed by atoms with Gasteiger partial charge in [-0.25, -0.2) is 0 Å². The Balaban J connectivity index is 2.09. The summed E-state index contributed by atoms with van der Waals surface area (Å²) in [6.45, 7) is 4.31. The highest BCUT2D eigenvalue weighted by Crippen LogP contribution is 2.48. The average Bonchev–Trinajstić information content (AvgIpc) is 2.83. The van der Waals surface area contributed by atoms with Gasteiger partial charge < -0.3 is 0 Å². The minimum absolute atomic E-state index is 0.368. The topological polar surface area (TPSA) is 55.9 Å². The summed E-state index contributed by atoms with van der Waals surface area (Å²) in [6.07, 6.45) is 3.52. The molecule has 4 heteroatoms. The molecule has 1 aromatic rings. The van der Waals surface area contributed by atoms with E-state index in [-0.39, 0.29) is 0 Å². The number of hydrogen-bond donors (Lipinski definition) is 2. The third-order valence-electron chi connectivity index (χ3n) is 3.59. The molecule has 0 radical (unpaired) electrons. The van der Waals surface area contributed by atoms with Crippen molar-refractivity contribution in [1.82, 2.24) is 15.2 Å². The lowest BCUT2D eigenvalue weighted by Gasteiger charge is -2.22. The van der Waals surface area contributed by atoms with E-state index in [4.69, 9.17) is 5.84 Å². The van der Waals surface area contributed by atoms with Crippen LogP contribution in [0.25, 0.3) is 0 Å². The van der Waals surface area contributed by atoms with Gasteiger partial charge in [-0.3, -0.25) is 16.0 Å². The first-order valence-electron chi connectivity index (χ1n) is 5.51. The molecular formula is C11H20N4. The highest BCUT2D eigenvalue weighted by atomic mass is 15.3. The van der Waals surface area contributed by atoms with E-state index in [0.29, 0.717) is 11.5 Å². The number of rotatable bonds is 4. The van der Waals surface area contributed by atoms with Crippen LogP contribution in [0.2, 0.25) is 0 Å². The Morgan fingerprint density at radius 1 is 1.67 bits per heavy atom. The lowest BCUT2D eigenvalue weighted by molar-refractivity contribution is 0.353. The molecule has 1 aliphatic rings. The van der Waals surface area contributed by atoms with Gasteiger partial charge >= 0.3 is 0 Å². The van der Waals surface area contributed by atoms with Crippen LogP contribution in [0.4, 0.5) is 0 Å². The number of aromatic nitrogens is 2. The fraction of sp³-hybridized carbons (Fsp3) is 0.727. The lowest BCUT2D eigenvalue weighted by atomic mass is 9.95. The van der Waals surface area contributed by atoms with Crippen molar-refractivity contribution in [3.63, 3.8) is 0 Å². The van der Waals surface area contributed by atoms with Gasteiger partial charge in [0.1, 0.15) is 0 Å². The van der Waals surface area contributed by atoms with Crippen LogP contribution in [-0.2, 0) is 13.5 Å². The number of nitrogens with zero attached hydrogens (tertiary/aromatic N) is 2. The predicted octanol–water partition coefficient (Wildman–Crippen LogP) is 0.903. The minimum atomic E-state index is 0.368. The van der Waals surface area contributed by atoms with Gasteiger partial charge in [0.15, 0.2) is 0 Å². The highest BCUT2D eigenvalue weighted by Gasteiger charge is 2.44. The molecule has 1 fully saturated rings. The van der Waals surface area contributed by atoms with Crippen LogP contribution in [0.15, 0.2) is 6.07 Å². The van der Waals surface area contributed by atoms with Crippen LogP contribution in [0.5, 0.6) is 0 Å². The molecule has 4 nitrogen and oxygen atoms in total. The van der Waals surface area contributed by atoms with Crippen LogP contribution in [0.3, 0.4) is 0 Å². The summed E-state index contributed by atoms with van der Waals surface area (Å²) in [6, 6.07) is 2.50. The summed E-state index contributed by atoms with van der Waals surface area (Å²) in [4.78, 5) is 0. The van der Waals surface area contributed by atoms with Gasteiger partial charge in [0, 0.05) is 25.2 Å². The maximum Gasteiger partial charge on any atom is 0.0596 e. The maximum absolute atomic E-state index is 5.62. The Hall–Kier alpha value is -0.870. The van der Waals surface area contributed by atoms with Crippen LogP contribution in [-0.4, -0.2) is 15.8 Å². The second-order valence-corrected chi connectivity index (χ2v) is 4.98. The SMILES string of the molecule is Cc1cc(CC(NN)C2(C)CC2)n(C)n1. The van der Waals surface area contributed by atoms with E-state index in [1.807, 2.05) is 18.7 Å². The zero-order chi connectivity index (χ0) is 11.1. The molecule has 0 saturated heterocycles. The molecule has 0 aliphatic heterocycles. The number of nitrogens with two attached hydrogens (primary N) is 1. The second kappa shape index (κ2) is 3.61. The van der Waals surface area contributed by atoms with Crippen LogP contribution in [0, 0.1) is 12.3 Å². The van der Waals surface area contributed by atoms with Gasteiger partial charge in [-0.05, 0) is 31.2 Å². The fourth-order valence-electron chi connectivity index (χ4n) is 2.12. The fourth-order valence-corrected chi connectivity index (χ4v) is 2.12. The van der Waals surface area contributed by atoms with Crippen molar-refractivity contribution in [2.75, 3.05) is 0 Å². The third kappa shape index (κ3) is 2.06. The molecular weight excluding hydrogens is 188 g/mol. The van der Waals surface area contributed by atoms with E-state index >= 15 is 0 Å². The smallest absolute Gasteiger partial charge is 0.0596 e. The Morgan fingerprint density at radius 3 is 2.73 bits per heavy atom.